The lowest BCUT2D eigenvalue weighted by atomic mass is 9.85. The van der Waals surface area contributed by atoms with Gasteiger partial charge < -0.3 is 69.0 Å². The van der Waals surface area contributed by atoms with Gasteiger partial charge in [-0.1, -0.05) is 103 Å². The van der Waals surface area contributed by atoms with Crippen LogP contribution in [-0.4, -0.2) is 284 Å². The number of ether oxygens (including phenoxy) is 4. The van der Waals surface area contributed by atoms with Crippen molar-refractivity contribution in [2.45, 2.75) is 261 Å². The molecule has 0 unspecified atom stereocenters. The van der Waals surface area contributed by atoms with Crippen LogP contribution in [0.3, 0.4) is 0 Å². The van der Waals surface area contributed by atoms with Crippen LogP contribution in [0, 0.1) is 47.3 Å². The smallest absolute Gasteiger partial charge is 0.435 e. The second-order valence-electron chi connectivity index (χ2n) is 30.7. The third-order valence-electron chi connectivity index (χ3n) is 20.3. The van der Waals surface area contributed by atoms with Crippen molar-refractivity contribution in [2.24, 2.45) is 47.3 Å². The third kappa shape index (κ3) is 27.3. The van der Waals surface area contributed by atoms with Crippen molar-refractivity contribution in [3.8, 4) is 0 Å². The molecule has 0 radical (unpaired) electrons. The number of carbonyl (C=O) groups is 12. The predicted octanol–water partition coefficient (Wildman–Crippen LogP) is 6.08. The van der Waals surface area contributed by atoms with Gasteiger partial charge in [-0.25, -0.2) is 4.79 Å². The maximum Gasteiger partial charge on any atom is 0.508 e. The van der Waals surface area contributed by atoms with Crippen molar-refractivity contribution >= 4 is 70.9 Å². The van der Waals surface area contributed by atoms with Gasteiger partial charge in [-0.05, 0) is 121 Å². The van der Waals surface area contributed by atoms with Gasteiger partial charge in [0.15, 0.2) is 11.6 Å². The Morgan fingerprint density at radius 3 is 1.55 bits per heavy atom. The van der Waals surface area contributed by atoms with E-state index in [0.29, 0.717) is 45.3 Å². The van der Waals surface area contributed by atoms with Gasteiger partial charge in [-0.3, -0.25) is 57.6 Å². The summed E-state index contributed by atoms with van der Waals surface area (Å²) in [5, 5.41) is 18.1. The highest BCUT2D eigenvalue weighted by Crippen LogP contribution is 2.29. The topological polar surface area (TPSA) is 312 Å². The monoisotopic (exact) mass is 1450 g/mol. The van der Waals surface area contributed by atoms with Gasteiger partial charge in [0, 0.05) is 93.7 Å². The molecular formula is C75H134N10O17. The van der Waals surface area contributed by atoms with Crippen LogP contribution in [0.4, 0.5) is 4.79 Å². The lowest BCUT2D eigenvalue weighted by molar-refractivity contribution is -0.157. The number of carbonyl (C=O) groups excluding carboxylic acids is 12. The number of rotatable bonds is 25. The summed E-state index contributed by atoms with van der Waals surface area (Å²) in [6, 6.07) is -11.5. The summed E-state index contributed by atoms with van der Waals surface area (Å²) in [5.74, 6) is -11.2. The fourth-order valence-electron chi connectivity index (χ4n) is 13.6. The van der Waals surface area contributed by atoms with Gasteiger partial charge in [-0.2, -0.15) is 0 Å². The molecule has 0 spiro atoms. The first-order valence-electron chi connectivity index (χ1n) is 37.5. The molecular weight excluding hydrogens is 1310 g/mol. The molecule has 27 heteroatoms. The minimum Gasteiger partial charge on any atom is -0.435 e. The van der Waals surface area contributed by atoms with E-state index in [1.165, 1.54) is 87.7 Å². The average Bonchev–Trinajstić information content (AvgIpc) is 0.800. The van der Waals surface area contributed by atoms with Gasteiger partial charge in [0.2, 0.25) is 53.2 Å². The van der Waals surface area contributed by atoms with Gasteiger partial charge in [0.25, 0.3) is 0 Å². The molecule has 3 N–H and O–H groups in total. The molecule has 0 aromatic heterocycles. The minimum atomic E-state index is -1.69. The Labute approximate surface area is 610 Å². The summed E-state index contributed by atoms with van der Waals surface area (Å²) < 4.78 is 21.9. The van der Waals surface area contributed by atoms with E-state index < -0.39 is 167 Å². The van der Waals surface area contributed by atoms with Crippen molar-refractivity contribution < 1.29 is 81.6 Å². The number of nitrogens with zero attached hydrogens (tertiary/aromatic N) is 8. The number of unbranched alkanes of at least 4 members (excludes halogenated alkanes) is 3. The fraction of sp³-hybridized carbons (Fsp3) is 0.840. The molecule has 2 rings (SSSR count). The molecule has 2 aliphatic rings. The number of Topliss-reactive ketones (excluding diaryl/α,β-unsaturated/α-hetero) is 2. The summed E-state index contributed by atoms with van der Waals surface area (Å²) in [4.78, 5) is 188. The van der Waals surface area contributed by atoms with E-state index in [2.05, 4.69) is 15.5 Å². The maximum absolute atomic E-state index is 15.5. The number of ketones is 2. The third-order valence-corrected chi connectivity index (χ3v) is 20.3. The number of likely N-dealkylation sites (N-methyl/N-ethyl adjacent to an activating group) is 7. The summed E-state index contributed by atoms with van der Waals surface area (Å²) in [7, 11) is 10.0. The predicted molar refractivity (Wildman–Crippen MR) is 390 cm³/mol. The quantitative estimate of drug-likeness (QED) is 0.0689. The highest BCUT2D eigenvalue weighted by atomic mass is 16.7. The minimum absolute atomic E-state index is 0.0276. The Kier molecular flexibility index (Phi) is 40.0. The lowest BCUT2D eigenvalue weighted by Gasteiger charge is -2.41. The Morgan fingerprint density at radius 2 is 1.02 bits per heavy atom. The molecule has 27 nitrogen and oxygen atoms in total. The normalized spacial score (nSPS) is 26.5. The zero-order chi connectivity index (χ0) is 77.9. The van der Waals surface area contributed by atoms with Gasteiger partial charge in [-0.15, -0.1) is 0 Å². The molecule has 0 bridgehead atoms. The number of morpholine rings is 1. The number of aliphatic hydroxyl groups is 1. The van der Waals surface area contributed by atoms with E-state index >= 15 is 33.6 Å². The van der Waals surface area contributed by atoms with Crippen molar-refractivity contribution in [2.75, 3.05) is 102 Å². The standard InChI is InChI=1S/C75H134N10O17/c1-25-56-71(94)78(18)53(16)69(92)83(23)63(54(17)101-36-31-29-33-85-34-38-99-39-35-85)61(87)44-55(48(9)10)70(93)79(19)57(40-45(3)4)60(86)43-51(14)66(89)76-52(15)68(91)80(20)58(41-46(5)6)72(95)81(21)59(42-47(7)8)73(96)82(22)62(49(11)12)74(97)84(24)64(67(90)77-56)65(88)50(13)32-28-27-30-37-102-75(98)100-26-2/h45-59,62-65,88H,25-44H2,1-24H3,(H,76,89)(H,77,90)/t50-,51-,52-,53-,54-,55+,56+,57+,58+,59+,62+,63+,64+,65-/m1/s1. The van der Waals surface area contributed by atoms with Crippen LogP contribution in [0.2, 0.25) is 0 Å². The van der Waals surface area contributed by atoms with Crippen LogP contribution >= 0.6 is 0 Å². The molecule has 14 atom stereocenters. The van der Waals surface area contributed by atoms with E-state index in [9.17, 15) is 29.1 Å². The zero-order valence-corrected chi connectivity index (χ0v) is 66.7. The van der Waals surface area contributed by atoms with Crippen molar-refractivity contribution in [1.82, 2.24) is 49.8 Å². The number of hydrogen-bond acceptors (Lipinski definition) is 18. The summed E-state index contributed by atoms with van der Waals surface area (Å²) >= 11 is 0. The molecule has 2 fully saturated rings. The average molecular weight is 1450 g/mol. The SMILES string of the molecule is CCOC(=O)OCCCCC[C@@H](C)[C@@H](O)[C@H]1C(=O)N[C@@H](CC)C(=O)N(C)[C@H](C)C(=O)N(C)[C@@H]([C@@H](C)OCCCCN2CCOCC2)C(=O)C[C@@H](C(C)C)C(=O)N(C)[C@@H](CC(C)C)C(=O)C[C@@H](C)C(=O)N[C@H](C)C(=O)N(C)[C@@H](CC(C)C)C(=O)N(C)[C@@H](CC(C)C)C(=O)N(C)[C@@H](C(C)C)C(=O)N1C. The molecule has 0 aromatic rings. The number of hydrogen-bond donors (Lipinski definition) is 3. The van der Waals surface area contributed by atoms with Crippen LogP contribution < -0.4 is 10.6 Å². The highest BCUT2D eigenvalue weighted by Gasteiger charge is 2.47. The second-order valence-corrected chi connectivity index (χ2v) is 30.7. The number of nitrogens with one attached hydrogen (secondary N) is 2. The highest BCUT2D eigenvalue weighted by molar-refractivity contribution is 6.00. The van der Waals surface area contributed by atoms with Crippen molar-refractivity contribution in [1.29, 1.82) is 0 Å². The molecule has 2 saturated heterocycles. The van der Waals surface area contributed by atoms with Crippen LogP contribution in [0.15, 0.2) is 0 Å². The first-order chi connectivity index (χ1) is 47.6. The first kappa shape index (κ1) is 91.8. The maximum atomic E-state index is 15.5. The fourth-order valence-corrected chi connectivity index (χ4v) is 13.6. The molecule has 586 valence electrons. The molecule has 0 saturated carbocycles. The molecule has 0 aromatic carbocycles. The van der Waals surface area contributed by atoms with Gasteiger partial charge in [0.05, 0.1) is 44.7 Å². The van der Waals surface area contributed by atoms with E-state index in [0.717, 1.165) is 35.9 Å². The van der Waals surface area contributed by atoms with Crippen molar-refractivity contribution in [3.05, 3.63) is 0 Å². The van der Waals surface area contributed by atoms with Crippen molar-refractivity contribution in [3.63, 3.8) is 0 Å². The van der Waals surface area contributed by atoms with E-state index in [1.807, 2.05) is 41.5 Å². The Balaban J connectivity index is 3.01. The first-order valence-corrected chi connectivity index (χ1v) is 37.5. The molecule has 2 heterocycles. The zero-order valence-electron chi connectivity index (χ0n) is 66.7. The number of amides is 9. The van der Waals surface area contributed by atoms with E-state index in [4.69, 9.17) is 18.9 Å². The Bertz CT molecular complexity index is 2730. The van der Waals surface area contributed by atoms with Crippen LogP contribution in [0.5, 0.6) is 0 Å². The van der Waals surface area contributed by atoms with E-state index in [-0.39, 0.29) is 76.1 Å². The van der Waals surface area contributed by atoms with Crippen LogP contribution in [0.25, 0.3) is 0 Å². The Morgan fingerprint density at radius 1 is 0.510 bits per heavy atom. The molecule has 102 heavy (non-hydrogen) atoms. The van der Waals surface area contributed by atoms with E-state index in [1.54, 1.807) is 62.3 Å². The molecule has 2 aliphatic heterocycles. The van der Waals surface area contributed by atoms with Crippen LogP contribution in [-0.2, 0) is 71.7 Å². The number of aliphatic hydroxyl groups excluding tert-OH is 1. The summed E-state index contributed by atoms with van der Waals surface area (Å²) in [5.41, 5.74) is 0. The Hall–Kier alpha value is -6.32. The van der Waals surface area contributed by atoms with Gasteiger partial charge >= 0.3 is 6.16 Å². The summed E-state index contributed by atoms with van der Waals surface area (Å²) in [6.45, 7) is 33.7. The lowest BCUT2D eigenvalue weighted by Crippen LogP contribution is -2.64. The largest absolute Gasteiger partial charge is 0.508 e. The molecule has 9 amide bonds. The second kappa shape index (κ2) is 44.5. The summed E-state index contributed by atoms with van der Waals surface area (Å²) in [6.07, 6.45) is -0.279. The van der Waals surface area contributed by atoms with Crippen LogP contribution in [0.1, 0.15) is 195 Å². The van der Waals surface area contributed by atoms with Gasteiger partial charge in [0.1, 0.15) is 48.3 Å². The molecule has 0 aliphatic carbocycles.